The van der Waals surface area contributed by atoms with E-state index in [1.54, 1.807) is 0 Å². The summed E-state index contributed by atoms with van der Waals surface area (Å²) in [6, 6.07) is 0. The van der Waals surface area contributed by atoms with Gasteiger partial charge in [0.25, 0.3) is 0 Å². The van der Waals surface area contributed by atoms with Gasteiger partial charge >= 0.3 is 14.5 Å². The maximum atomic E-state index is 12.9. The Kier molecular flexibility index (Phi) is 4.32. The molecule has 0 N–H and O–H groups in total. The Morgan fingerprint density at radius 3 is 2.11 bits per heavy atom. The highest BCUT2D eigenvalue weighted by Gasteiger charge is 2.69. The minimum atomic E-state index is -2.66. The molecule has 3 saturated heterocycles. The van der Waals surface area contributed by atoms with Crippen molar-refractivity contribution in [2.45, 2.75) is 96.9 Å². The summed E-state index contributed by atoms with van der Waals surface area (Å²) in [5.74, 6) is -0.584. The van der Waals surface area contributed by atoms with Gasteiger partial charge in [0.15, 0.2) is 6.23 Å². The molecule has 4 aliphatic rings. The molecule has 0 radical (unpaired) electrons. The van der Waals surface area contributed by atoms with Crippen molar-refractivity contribution in [1.29, 1.82) is 0 Å². The van der Waals surface area contributed by atoms with Crippen molar-refractivity contribution in [2.24, 2.45) is 22.2 Å². The number of ether oxygens (including phenoxy) is 2. The standard InChI is InChI=1S/C21H35NO5Si/c1-19(2,3)16-13-12-15(26-18(13)23)14-11(25-17(12)22-16)10-24-28(27-14,20(4,5)6)21(7,8)9/h11-15,17H,10H2,1-9H3/t11-,12+,13?,14-,15-,17-/m1/s1. The quantitative estimate of drug-likeness (QED) is 0.449. The zero-order valence-electron chi connectivity index (χ0n) is 18.7. The second-order valence-corrected chi connectivity index (χ2v) is 16.6. The Morgan fingerprint density at radius 1 is 0.964 bits per heavy atom. The van der Waals surface area contributed by atoms with Crippen LogP contribution in [0, 0.1) is 17.3 Å². The van der Waals surface area contributed by atoms with Crippen LogP contribution in [0.5, 0.6) is 0 Å². The van der Waals surface area contributed by atoms with Crippen LogP contribution in [-0.4, -0.2) is 51.4 Å². The predicted molar refractivity (Wildman–Crippen MR) is 108 cm³/mol. The molecule has 4 heterocycles. The van der Waals surface area contributed by atoms with Gasteiger partial charge in [-0.25, -0.2) is 0 Å². The van der Waals surface area contributed by atoms with Crippen molar-refractivity contribution < 1.29 is 23.1 Å². The highest BCUT2D eigenvalue weighted by molar-refractivity contribution is 6.73. The average molecular weight is 410 g/mol. The summed E-state index contributed by atoms with van der Waals surface area (Å²) in [5.41, 5.74) is 0.696. The van der Waals surface area contributed by atoms with E-state index < -0.39 is 8.56 Å². The van der Waals surface area contributed by atoms with E-state index in [0.29, 0.717) is 6.61 Å². The third-order valence-corrected chi connectivity index (χ3v) is 11.8. The van der Waals surface area contributed by atoms with E-state index >= 15 is 0 Å². The van der Waals surface area contributed by atoms with Gasteiger partial charge in [-0.1, -0.05) is 62.3 Å². The van der Waals surface area contributed by atoms with Crippen LogP contribution in [0.25, 0.3) is 0 Å². The molecule has 28 heavy (non-hydrogen) atoms. The molecule has 0 amide bonds. The number of fused-ring (bicyclic) bond motifs is 2. The third-order valence-electron chi connectivity index (χ3n) is 6.66. The number of rotatable bonds is 0. The summed E-state index contributed by atoms with van der Waals surface area (Å²) in [7, 11) is -2.66. The van der Waals surface area contributed by atoms with Gasteiger partial charge < -0.3 is 18.3 Å². The van der Waals surface area contributed by atoms with Crippen molar-refractivity contribution in [1.82, 2.24) is 0 Å². The Balaban J connectivity index is 1.71. The maximum Gasteiger partial charge on any atom is 0.349 e. The Labute approximate surface area is 169 Å². The van der Waals surface area contributed by atoms with E-state index in [9.17, 15) is 4.79 Å². The molecular formula is C21H35NO5Si. The van der Waals surface area contributed by atoms with E-state index in [0.717, 1.165) is 5.71 Å². The summed E-state index contributed by atoms with van der Waals surface area (Å²) < 4.78 is 25.7. The number of aliphatic imine (C=N–C) groups is 1. The lowest BCUT2D eigenvalue weighted by Gasteiger charge is -2.56. The minimum absolute atomic E-state index is 0.0901. The monoisotopic (exact) mass is 409 g/mol. The molecule has 158 valence electrons. The molecule has 6 atom stereocenters. The van der Waals surface area contributed by atoms with Gasteiger partial charge in [-0.05, 0) is 0 Å². The van der Waals surface area contributed by atoms with Crippen LogP contribution in [0.2, 0.25) is 10.1 Å². The zero-order chi connectivity index (χ0) is 20.9. The number of carbonyl (C=O) groups excluding carboxylic acids is 1. The van der Waals surface area contributed by atoms with Crippen molar-refractivity contribution in [3.05, 3.63) is 0 Å². The highest BCUT2D eigenvalue weighted by atomic mass is 28.4. The van der Waals surface area contributed by atoms with E-state index in [-0.39, 0.29) is 57.8 Å². The second kappa shape index (κ2) is 5.90. The van der Waals surface area contributed by atoms with Crippen LogP contribution in [0.3, 0.4) is 0 Å². The lowest BCUT2D eigenvalue weighted by atomic mass is 9.76. The van der Waals surface area contributed by atoms with Crippen molar-refractivity contribution in [3.8, 4) is 0 Å². The van der Waals surface area contributed by atoms with Gasteiger partial charge in [0, 0.05) is 21.2 Å². The normalized spacial score (nSPS) is 39.9. The van der Waals surface area contributed by atoms with Crippen LogP contribution in [0.4, 0.5) is 0 Å². The topological polar surface area (TPSA) is 66.3 Å². The zero-order valence-corrected chi connectivity index (χ0v) is 19.7. The fraction of sp³-hybridized carbons (Fsp3) is 0.905. The number of esters is 1. The van der Waals surface area contributed by atoms with Crippen LogP contribution in [0.15, 0.2) is 4.99 Å². The molecule has 0 bridgehead atoms. The second-order valence-electron chi connectivity index (χ2n) is 11.8. The fourth-order valence-electron chi connectivity index (χ4n) is 5.71. The highest BCUT2D eigenvalue weighted by Crippen LogP contribution is 2.57. The van der Waals surface area contributed by atoms with Gasteiger partial charge in [0.1, 0.15) is 24.2 Å². The van der Waals surface area contributed by atoms with Gasteiger partial charge in [0.2, 0.25) is 0 Å². The summed E-state index contributed by atoms with van der Waals surface area (Å²) in [5, 5.41) is -0.254. The van der Waals surface area contributed by atoms with Crippen molar-refractivity contribution in [3.63, 3.8) is 0 Å². The van der Waals surface area contributed by atoms with Gasteiger partial charge in [-0.15, -0.1) is 0 Å². The number of carbonyl (C=O) groups is 1. The van der Waals surface area contributed by atoms with Crippen LogP contribution < -0.4 is 0 Å². The largest absolute Gasteiger partial charge is 0.459 e. The molecule has 1 unspecified atom stereocenters. The van der Waals surface area contributed by atoms with E-state index in [1.807, 2.05) is 0 Å². The molecule has 0 aromatic carbocycles. The summed E-state index contributed by atoms with van der Waals surface area (Å²) in [4.78, 5) is 17.7. The first-order chi connectivity index (χ1) is 12.7. The van der Waals surface area contributed by atoms with Gasteiger partial charge in [-0.3, -0.25) is 9.79 Å². The minimum Gasteiger partial charge on any atom is -0.459 e. The SMILES string of the molecule is CC(C)(C)C1=N[C@@H]2O[C@@H]3CO[Si](C(C)(C)C)(C(C)(C)C)O[C@H]3[C@@H]3OC(=O)C1[C@@H]32. The average Bonchev–Trinajstić information content (AvgIpc) is 3.06. The fourth-order valence-corrected chi connectivity index (χ4v) is 10.7. The number of hydrogen-bond donors (Lipinski definition) is 0. The molecule has 0 aliphatic carbocycles. The first-order valence-corrected chi connectivity index (χ1v) is 12.2. The van der Waals surface area contributed by atoms with Crippen LogP contribution in [-0.2, 0) is 23.1 Å². The van der Waals surface area contributed by atoms with E-state index in [4.69, 9.17) is 23.3 Å². The van der Waals surface area contributed by atoms with Crippen LogP contribution >= 0.6 is 0 Å². The molecule has 4 rings (SSSR count). The number of hydrogen-bond acceptors (Lipinski definition) is 6. The molecule has 0 spiro atoms. The number of nitrogens with zero attached hydrogens (tertiary/aromatic N) is 1. The molecule has 0 aromatic heterocycles. The summed E-state index contributed by atoms with van der Waals surface area (Å²) in [6.45, 7) is 19.9. The van der Waals surface area contributed by atoms with Gasteiger partial charge in [-0.2, -0.15) is 0 Å². The van der Waals surface area contributed by atoms with E-state index in [1.165, 1.54) is 0 Å². The maximum absolute atomic E-state index is 12.9. The van der Waals surface area contributed by atoms with Gasteiger partial charge in [0.05, 0.1) is 12.5 Å². The van der Waals surface area contributed by atoms with E-state index in [2.05, 4.69) is 62.3 Å². The molecule has 6 nitrogen and oxygen atoms in total. The van der Waals surface area contributed by atoms with Crippen molar-refractivity contribution in [2.75, 3.05) is 6.61 Å². The lowest BCUT2D eigenvalue weighted by Crippen LogP contribution is -2.69. The third kappa shape index (κ3) is 2.69. The lowest BCUT2D eigenvalue weighted by molar-refractivity contribution is -0.214. The van der Waals surface area contributed by atoms with Crippen molar-refractivity contribution >= 4 is 20.2 Å². The first kappa shape index (κ1) is 20.5. The first-order valence-electron chi connectivity index (χ1n) is 10.4. The molecule has 4 aliphatic heterocycles. The van der Waals surface area contributed by atoms with Crippen LogP contribution in [0.1, 0.15) is 62.3 Å². The Morgan fingerprint density at radius 2 is 1.57 bits per heavy atom. The Hall–Kier alpha value is -0.763. The Bertz CT molecular complexity index is 700. The molecule has 0 aromatic rings. The molecule has 3 fully saturated rings. The predicted octanol–water partition coefficient (Wildman–Crippen LogP) is 3.83. The summed E-state index contributed by atoms with van der Waals surface area (Å²) in [6.07, 6.45) is -1.21. The smallest absolute Gasteiger partial charge is 0.349 e. The molecule has 7 heteroatoms. The summed E-state index contributed by atoms with van der Waals surface area (Å²) >= 11 is 0. The molecular weight excluding hydrogens is 374 g/mol. The molecule has 0 saturated carbocycles.